The lowest BCUT2D eigenvalue weighted by Gasteiger charge is -1.95. The molecule has 0 fully saturated rings. The summed E-state index contributed by atoms with van der Waals surface area (Å²) in [6, 6.07) is 2.15. The summed E-state index contributed by atoms with van der Waals surface area (Å²) in [5.74, 6) is 6.18. The minimum Gasteiger partial charge on any atom is -0.135 e. The highest BCUT2D eigenvalue weighted by molar-refractivity contribution is 7.10. The molecule has 0 aliphatic rings. The first-order valence-electron chi connectivity index (χ1n) is 5.44. The van der Waals surface area contributed by atoms with Crippen LogP contribution in [-0.2, 0) is 6.42 Å². The van der Waals surface area contributed by atoms with Gasteiger partial charge in [-0.3, -0.25) is 0 Å². The summed E-state index contributed by atoms with van der Waals surface area (Å²) in [6.07, 6.45) is 4.17. The van der Waals surface area contributed by atoms with Gasteiger partial charge in [-0.1, -0.05) is 30.3 Å². The molecule has 0 atom stereocenters. The lowest BCUT2D eigenvalue weighted by atomic mass is 10.1. The highest BCUT2D eigenvalue weighted by atomic mass is 32.1. The van der Waals surface area contributed by atoms with Crippen molar-refractivity contribution >= 4 is 11.3 Å². The van der Waals surface area contributed by atoms with Crippen molar-refractivity contribution in [2.24, 2.45) is 5.11 Å². The quantitative estimate of drug-likeness (QED) is 0.241. The number of nitrogens with zero attached hydrogens (tertiary/aromatic N) is 3. The third-order valence-corrected chi connectivity index (χ3v) is 3.02. The predicted molar refractivity (Wildman–Crippen MR) is 68.4 cm³/mol. The molecule has 1 rings (SSSR count). The standard InChI is InChI=1S/C12H15N3S/c1-2-3-6-11-8-10-16-12(11)7-4-5-9-14-15-13/h8,10H,2-3,5-6,9H2,1H3. The first-order valence-corrected chi connectivity index (χ1v) is 6.32. The van der Waals surface area contributed by atoms with Crippen LogP contribution in [0, 0.1) is 11.8 Å². The van der Waals surface area contributed by atoms with E-state index in [1.807, 2.05) is 0 Å². The molecule has 0 aromatic carbocycles. The molecule has 3 nitrogen and oxygen atoms in total. The van der Waals surface area contributed by atoms with Gasteiger partial charge in [0.2, 0.25) is 0 Å². The van der Waals surface area contributed by atoms with Crippen molar-refractivity contribution in [1.82, 2.24) is 0 Å². The molecule has 16 heavy (non-hydrogen) atoms. The van der Waals surface area contributed by atoms with Crippen LogP contribution in [0.3, 0.4) is 0 Å². The Balaban J connectivity index is 2.51. The van der Waals surface area contributed by atoms with Crippen molar-refractivity contribution in [3.63, 3.8) is 0 Å². The van der Waals surface area contributed by atoms with Gasteiger partial charge >= 0.3 is 0 Å². The summed E-state index contributed by atoms with van der Waals surface area (Å²) >= 11 is 1.69. The zero-order valence-electron chi connectivity index (χ0n) is 9.44. The van der Waals surface area contributed by atoms with Gasteiger partial charge in [-0.05, 0) is 35.4 Å². The van der Waals surface area contributed by atoms with Crippen LogP contribution in [0.25, 0.3) is 10.4 Å². The Hall–Kier alpha value is -1.43. The number of hydrogen-bond donors (Lipinski definition) is 0. The molecular formula is C12H15N3S. The second kappa shape index (κ2) is 7.81. The second-order valence-corrected chi connectivity index (χ2v) is 4.30. The molecule has 0 radical (unpaired) electrons. The van der Waals surface area contributed by atoms with E-state index in [4.69, 9.17) is 5.53 Å². The fourth-order valence-electron chi connectivity index (χ4n) is 1.30. The van der Waals surface area contributed by atoms with E-state index >= 15 is 0 Å². The van der Waals surface area contributed by atoms with Crippen LogP contribution in [0.5, 0.6) is 0 Å². The minimum atomic E-state index is 0.458. The van der Waals surface area contributed by atoms with E-state index in [1.165, 1.54) is 18.4 Å². The Labute approximate surface area is 100 Å². The summed E-state index contributed by atoms with van der Waals surface area (Å²) < 4.78 is 0. The van der Waals surface area contributed by atoms with Crippen molar-refractivity contribution in [1.29, 1.82) is 0 Å². The molecule has 84 valence electrons. The molecule has 0 saturated heterocycles. The van der Waals surface area contributed by atoms with E-state index in [-0.39, 0.29) is 0 Å². The maximum Gasteiger partial charge on any atom is 0.0800 e. The second-order valence-electron chi connectivity index (χ2n) is 3.38. The zero-order chi connectivity index (χ0) is 11.6. The summed E-state index contributed by atoms with van der Waals surface area (Å²) in [5.41, 5.74) is 9.45. The van der Waals surface area contributed by atoms with Crippen molar-refractivity contribution in [3.05, 3.63) is 32.3 Å². The SMILES string of the molecule is CCCCc1ccsc1C#CCCN=[N+]=[N-]. The van der Waals surface area contributed by atoms with E-state index in [1.54, 1.807) is 11.3 Å². The van der Waals surface area contributed by atoms with Gasteiger partial charge in [-0.25, -0.2) is 0 Å². The largest absolute Gasteiger partial charge is 0.135 e. The summed E-state index contributed by atoms with van der Waals surface area (Å²) in [5, 5.41) is 5.53. The van der Waals surface area contributed by atoms with Crippen molar-refractivity contribution in [2.75, 3.05) is 6.54 Å². The van der Waals surface area contributed by atoms with Gasteiger partial charge in [0.15, 0.2) is 0 Å². The molecule has 4 heteroatoms. The molecule has 1 aromatic rings. The van der Waals surface area contributed by atoms with Gasteiger partial charge in [0.05, 0.1) is 4.88 Å². The van der Waals surface area contributed by atoms with Crippen LogP contribution in [0.1, 0.15) is 36.6 Å². The van der Waals surface area contributed by atoms with Crippen molar-refractivity contribution < 1.29 is 0 Å². The van der Waals surface area contributed by atoms with Crippen molar-refractivity contribution in [3.8, 4) is 11.8 Å². The van der Waals surface area contributed by atoms with Gasteiger partial charge < -0.3 is 0 Å². The lowest BCUT2D eigenvalue weighted by molar-refractivity contribution is 0.796. The molecule has 1 heterocycles. The number of thiophene rings is 1. The molecule has 0 bridgehead atoms. The van der Waals surface area contributed by atoms with E-state index < -0.39 is 0 Å². The van der Waals surface area contributed by atoms with Gasteiger partial charge in [-0.15, -0.1) is 11.3 Å². The number of aryl methyl sites for hydroxylation is 1. The third kappa shape index (κ3) is 4.39. The lowest BCUT2D eigenvalue weighted by Crippen LogP contribution is -1.84. The summed E-state index contributed by atoms with van der Waals surface area (Å²) in [4.78, 5) is 3.85. The Kier molecular flexibility index (Phi) is 6.17. The van der Waals surface area contributed by atoms with Crippen LogP contribution in [0.4, 0.5) is 0 Å². The molecule has 1 aromatic heterocycles. The highest BCUT2D eigenvalue weighted by Gasteiger charge is 1.99. The van der Waals surface area contributed by atoms with Crippen LogP contribution in [-0.4, -0.2) is 6.54 Å². The molecular weight excluding hydrogens is 218 g/mol. The van der Waals surface area contributed by atoms with Crippen LogP contribution < -0.4 is 0 Å². The molecule has 0 aliphatic heterocycles. The van der Waals surface area contributed by atoms with E-state index in [2.05, 4.69) is 40.2 Å². The van der Waals surface area contributed by atoms with Crippen LogP contribution >= 0.6 is 11.3 Å². The number of azide groups is 1. The first-order chi connectivity index (χ1) is 7.88. The van der Waals surface area contributed by atoms with Crippen LogP contribution in [0.2, 0.25) is 0 Å². The summed E-state index contributed by atoms with van der Waals surface area (Å²) in [7, 11) is 0. The number of unbranched alkanes of at least 4 members (excludes halogenated alkanes) is 1. The smallest absolute Gasteiger partial charge is 0.0800 e. The third-order valence-electron chi connectivity index (χ3n) is 2.15. The van der Waals surface area contributed by atoms with E-state index in [0.717, 1.165) is 11.3 Å². The van der Waals surface area contributed by atoms with Crippen molar-refractivity contribution in [2.45, 2.75) is 32.6 Å². The first kappa shape index (κ1) is 12.6. The molecule has 0 saturated carbocycles. The molecule has 0 N–H and O–H groups in total. The van der Waals surface area contributed by atoms with E-state index in [9.17, 15) is 0 Å². The molecule has 0 aliphatic carbocycles. The minimum absolute atomic E-state index is 0.458. The topological polar surface area (TPSA) is 48.8 Å². The number of hydrogen-bond acceptors (Lipinski definition) is 2. The average Bonchev–Trinajstić information content (AvgIpc) is 2.74. The van der Waals surface area contributed by atoms with Gasteiger partial charge in [0.25, 0.3) is 0 Å². The monoisotopic (exact) mass is 233 g/mol. The Bertz CT molecular complexity index is 419. The van der Waals surface area contributed by atoms with Crippen LogP contribution in [0.15, 0.2) is 16.6 Å². The van der Waals surface area contributed by atoms with Gasteiger partial charge in [0, 0.05) is 17.9 Å². The Morgan fingerprint density at radius 3 is 3.19 bits per heavy atom. The Morgan fingerprint density at radius 2 is 2.44 bits per heavy atom. The maximum absolute atomic E-state index is 8.10. The maximum atomic E-state index is 8.10. The predicted octanol–water partition coefficient (Wildman–Crippen LogP) is 4.14. The van der Waals surface area contributed by atoms with Gasteiger partial charge in [0.1, 0.15) is 0 Å². The molecule has 0 spiro atoms. The van der Waals surface area contributed by atoms with Gasteiger partial charge in [-0.2, -0.15) is 0 Å². The zero-order valence-corrected chi connectivity index (χ0v) is 10.3. The fraction of sp³-hybridized carbons (Fsp3) is 0.500. The molecule has 0 amide bonds. The molecule has 0 unspecified atom stereocenters. The fourth-order valence-corrected chi connectivity index (χ4v) is 2.12. The summed E-state index contributed by atoms with van der Waals surface area (Å²) in [6.45, 7) is 2.65. The highest BCUT2D eigenvalue weighted by Crippen LogP contribution is 2.17. The average molecular weight is 233 g/mol. The number of rotatable bonds is 5. The Morgan fingerprint density at radius 1 is 1.56 bits per heavy atom. The normalized spacial score (nSPS) is 9.06. The van der Waals surface area contributed by atoms with E-state index in [0.29, 0.717) is 13.0 Å².